The van der Waals surface area contributed by atoms with Crippen LogP contribution in [-0.2, 0) is 6.18 Å². The van der Waals surface area contributed by atoms with E-state index in [9.17, 15) is 23.4 Å². The number of benzene rings is 1. The first-order chi connectivity index (χ1) is 7.77. The van der Waals surface area contributed by atoms with Gasteiger partial charge in [-0.05, 0) is 18.2 Å². The summed E-state index contributed by atoms with van der Waals surface area (Å²) < 4.78 is 37.1. The highest BCUT2D eigenvalue weighted by Crippen LogP contribution is 2.35. The largest absolute Gasteiger partial charge is 0.508 e. The second-order valence-electron chi connectivity index (χ2n) is 3.47. The summed E-state index contributed by atoms with van der Waals surface area (Å²) >= 11 is 0. The Morgan fingerprint density at radius 1 is 1.18 bits per heavy atom. The molecule has 7 heteroatoms. The predicted octanol–water partition coefficient (Wildman–Crippen LogP) is 0.798. The van der Waals surface area contributed by atoms with Crippen LogP contribution in [0.2, 0.25) is 0 Å². The Morgan fingerprint density at radius 3 is 2.24 bits per heavy atom. The van der Waals surface area contributed by atoms with E-state index in [0.717, 1.165) is 6.07 Å². The number of alkyl halides is 3. The van der Waals surface area contributed by atoms with Gasteiger partial charge in [-0.2, -0.15) is 13.2 Å². The Morgan fingerprint density at radius 2 is 1.76 bits per heavy atom. The zero-order chi connectivity index (χ0) is 13.2. The van der Waals surface area contributed by atoms with E-state index < -0.39 is 41.9 Å². The maximum atomic E-state index is 12.4. The Bertz CT molecular complexity index is 392. The van der Waals surface area contributed by atoms with Crippen molar-refractivity contribution in [2.75, 3.05) is 6.61 Å². The number of phenols is 1. The molecule has 0 saturated heterocycles. The molecule has 1 aromatic carbocycles. The summed E-state index contributed by atoms with van der Waals surface area (Å²) in [6.45, 7) is -0.836. The van der Waals surface area contributed by atoms with E-state index in [-0.39, 0.29) is 0 Å². The van der Waals surface area contributed by atoms with E-state index in [1.54, 1.807) is 0 Å². The standard InChI is InChI=1S/C10H11F3O4/c11-10(12,13)5-1-2-7(15)6(3-5)9(17)8(16)4-14/h1-3,8-9,14-17H,4H2. The van der Waals surface area contributed by atoms with Crippen LogP contribution in [0.1, 0.15) is 17.2 Å². The van der Waals surface area contributed by atoms with E-state index in [1.807, 2.05) is 0 Å². The lowest BCUT2D eigenvalue weighted by Crippen LogP contribution is -2.22. The molecule has 1 aromatic rings. The van der Waals surface area contributed by atoms with E-state index in [2.05, 4.69) is 0 Å². The third-order valence-corrected chi connectivity index (χ3v) is 2.23. The summed E-state index contributed by atoms with van der Waals surface area (Å²) in [6, 6.07) is 1.95. The summed E-state index contributed by atoms with van der Waals surface area (Å²) in [6.07, 6.45) is -8.07. The Hall–Kier alpha value is -1.31. The van der Waals surface area contributed by atoms with Gasteiger partial charge in [0.15, 0.2) is 0 Å². The van der Waals surface area contributed by atoms with Gasteiger partial charge in [0, 0.05) is 5.56 Å². The van der Waals surface area contributed by atoms with Crippen LogP contribution < -0.4 is 0 Å². The number of aliphatic hydroxyl groups is 3. The highest BCUT2D eigenvalue weighted by molar-refractivity contribution is 5.39. The molecule has 0 aliphatic heterocycles. The van der Waals surface area contributed by atoms with Crippen molar-refractivity contribution >= 4 is 0 Å². The molecule has 4 nitrogen and oxygen atoms in total. The average molecular weight is 252 g/mol. The molecule has 0 fully saturated rings. The van der Waals surface area contributed by atoms with E-state index in [0.29, 0.717) is 12.1 Å². The number of rotatable bonds is 3. The fourth-order valence-corrected chi connectivity index (χ4v) is 1.27. The van der Waals surface area contributed by atoms with E-state index in [1.165, 1.54) is 0 Å². The van der Waals surface area contributed by atoms with Gasteiger partial charge in [-0.25, -0.2) is 0 Å². The van der Waals surface area contributed by atoms with Crippen LogP contribution in [-0.4, -0.2) is 33.1 Å². The number of halogens is 3. The van der Waals surface area contributed by atoms with Crippen LogP contribution >= 0.6 is 0 Å². The maximum absolute atomic E-state index is 12.4. The van der Waals surface area contributed by atoms with Gasteiger partial charge >= 0.3 is 6.18 Å². The molecule has 0 aromatic heterocycles. The second-order valence-corrected chi connectivity index (χ2v) is 3.47. The van der Waals surface area contributed by atoms with Gasteiger partial charge in [0.1, 0.15) is 18.0 Å². The molecular weight excluding hydrogens is 241 g/mol. The summed E-state index contributed by atoms with van der Waals surface area (Å²) in [5.41, 5.74) is -1.55. The molecule has 4 N–H and O–H groups in total. The van der Waals surface area contributed by atoms with Crippen molar-refractivity contribution in [2.45, 2.75) is 18.4 Å². The molecular formula is C10H11F3O4. The number of aliphatic hydroxyl groups excluding tert-OH is 3. The van der Waals surface area contributed by atoms with E-state index >= 15 is 0 Å². The lowest BCUT2D eigenvalue weighted by Gasteiger charge is -2.18. The summed E-state index contributed by atoms with van der Waals surface area (Å²) in [7, 11) is 0. The summed E-state index contributed by atoms with van der Waals surface area (Å²) in [4.78, 5) is 0. The smallest absolute Gasteiger partial charge is 0.416 e. The average Bonchev–Trinajstić information content (AvgIpc) is 2.26. The molecule has 0 aliphatic rings. The normalized spacial score (nSPS) is 15.6. The van der Waals surface area contributed by atoms with Crippen LogP contribution in [0.15, 0.2) is 18.2 Å². The van der Waals surface area contributed by atoms with Crippen LogP contribution in [0.3, 0.4) is 0 Å². The SMILES string of the molecule is OCC(O)C(O)c1cc(C(F)(F)F)ccc1O. The third kappa shape index (κ3) is 3.09. The predicted molar refractivity (Wildman–Crippen MR) is 51.2 cm³/mol. The summed E-state index contributed by atoms with van der Waals surface area (Å²) in [5, 5.41) is 36.4. The lowest BCUT2D eigenvalue weighted by molar-refractivity contribution is -0.137. The minimum atomic E-state index is -4.62. The fraction of sp³-hybridized carbons (Fsp3) is 0.400. The monoisotopic (exact) mass is 252 g/mol. The minimum Gasteiger partial charge on any atom is -0.508 e. The highest BCUT2D eigenvalue weighted by atomic mass is 19.4. The Labute approximate surface area is 94.6 Å². The molecule has 1 rings (SSSR count). The van der Waals surface area contributed by atoms with Gasteiger partial charge in [0.05, 0.1) is 12.2 Å². The number of aromatic hydroxyl groups is 1. The molecule has 0 amide bonds. The maximum Gasteiger partial charge on any atom is 0.416 e. The van der Waals surface area contributed by atoms with Crippen LogP contribution in [0.4, 0.5) is 13.2 Å². The first-order valence-electron chi connectivity index (χ1n) is 4.64. The third-order valence-electron chi connectivity index (χ3n) is 2.23. The van der Waals surface area contributed by atoms with Crippen LogP contribution in [0.5, 0.6) is 5.75 Å². The van der Waals surface area contributed by atoms with Crippen molar-refractivity contribution in [3.63, 3.8) is 0 Å². The van der Waals surface area contributed by atoms with Crippen molar-refractivity contribution in [1.82, 2.24) is 0 Å². The van der Waals surface area contributed by atoms with Crippen molar-refractivity contribution < 1.29 is 33.6 Å². The summed E-state index contributed by atoms with van der Waals surface area (Å²) in [5.74, 6) is -0.585. The topological polar surface area (TPSA) is 80.9 Å². The number of hydrogen-bond acceptors (Lipinski definition) is 4. The number of hydrogen-bond donors (Lipinski definition) is 4. The van der Waals surface area contributed by atoms with Gasteiger partial charge < -0.3 is 20.4 Å². The Kier molecular flexibility index (Phi) is 3.97. The molecule has 17 heavy (non-hydrogen) atoms. The zero-order valence-electron chi connectivity index (χ0n) is 8.52. The van der Waals surface area contributed by atoms with Gasteiger partial charge in [0.25, 0.3) is 0 Å². The first kappa shape index (κ1) is 13.8. The van der Waals surface area contributed by atoms with Gasteiger partial charge in [-0.15, -0.1) is 0 Å². The fourth-order valence-electron chi connectivity index (χ4n) is 1.27. The van der Waals surface area contributed by atoms with Crippen LogP contribution in [0.25, 0.3) is 0 Å². The molecule has 0 saturated carbocycles. The van der Waals surface area contributed by atoms with E-state index in [4.69, 9.17) is 10.2 Å². The molecule has 0 heterocycles. The molecule has 0 bridgehead atoms. The second kappa shape index (κ2) is 4.91. The lowest BCUT2D eigenvalue weighted by atomic mass is 10.0. The molecule has 2 unspecified atom stereocenters. The number of phenolic OH excluding ortho intramolecular Hbond substituents is 1. The van der Waals surface area contributed by atoms with Gasteiger partial charge in [-0.1, -0.05) is 0 Å². The first-order valence-corrected chi connectivity index (χ1v) is 4.64. The zero-order valence-corrected chi connectivity index (χ0v) is 8.52. The minimum absolute atomic E-state index is 0.485. The molecule has 2 atom stereocenters. The van der Waals surface area contributed by atoms with Crippen molar-refractivity contribution in [3.05, 3.63) is 29.3 Å². The Balaban J connectivity index is 3.15. The van der Waals surface area contributed by atoms with Crippen molar-refractivity contribution in [2.24, 2.45) is 0 Å². The van der Waals surface area contributed by atoms with Crippen molar-refractivity contribution in [1.29, 1.82) is 0 Å². The molecule has 96 valence electrons. The molecule has 0 spiro atoms. The molecule has 0 aliphatic carbocycles. The molecule has 0 radical (unpaired) electrons. The van der Waals surface area contributed by atoms with Gasteiger partial charge in [0.2, 0.25) is 0 Å². The van der Waals surface area contributed by atoms with Crippen molar-refractivity contribution in [3.8, 4) is 5.75 Å². The van der Waals surface area contributed by atoms with Gasteiger partial charge in [-0.3, -0.25) is 0 Å². The highest BCUT2D eigenvalue weighted by Gasteiger charge is 2.32. The quantitative estimate of drug-likeness (QED) is 0.641. The van der Waals surface area contributed by atoms with Crippen LogP contribution in [0, 0.1) is 0 Å².